The van der Waals surface area contributed by atoms with Gasteiger partial charge in [-0.05, 0) is 47.2 Å². The fraction of sp³-hybridized carbons (Fsp3) is 0. The summed E-state index contributed by atoms with van der Waals surface area (Å²) >= 11 is 3.54. The van der Waals surface area contributed by atoms with Crippen molar-refractivity contribution in [3.8, 4) is 0 Å². The SMILES string of the molecule is Brc1ccc2oc3c(ccc4c3oc3ccc5ccccc5c34)c2c1. The summed E-state index contributed by atoms with van der Waals surface area (Å²) in [5, 5.41) is 6.83. The molecule has 118 valence electrons. The van der Waals surface area contributed by atoms with Crippen LogP contribution in [0.2, 0.25) is 0 Å². The molecule has 0 aliphatic heterocycles. The minimum Gasteiger partial charge on any atom is -0.452 e. The normalized spacial score (nSPS) is 12.2. The lowest BCUT2D eigenvalue weighted by Gasteiger charge is -1.98. The number of furan rings is 2. The lowest BCUT2D eigenvalue weighted by atomic mass is 10.0. The van der Waals surface area contributed by atoms with Gasteiger partial charge in [0.2, 0.25) is 0 Å². The maximum absolute atomic E-state index is 6.23. The topological polar surface area (TPSA) is 26.3 Å². The third-order valence-corrected chi connectivity index (χ3v) is 5.42. The summed E-state index contributed by atoms with van der Waals surface area (Å²) in [7, 11) is 0. The molecule has 0 fully saturated rings. The Labute approximate surface area is 150 Å². The van der Waals surface area contributed by atoms with E-state index in [0.717, 1.165) is 48.3 Å². The van der Waals surface area contributed by atoms with Crippen LogP contribution in [0.1, 0.15) is 0 Å². The van der Waals surface area contributed by atoms with Crippen molar-refractivity contribution in [3.63, 3.8) is 0 Å². The molecule has 0 amide bonds. The van der Waals surface area contributed by atoms with Crippen LogP contribution in [-0.4, -0.2) is 0 Å². The summed E-state index contributed by atoms with van der Waals surface area (Å²) in [5.41, 5.74) is 3.39. The number of fused-ring (bicyclic) bond motifs is 9. The van der Waals surface area contributed by atoms with E-state index in [1.54, 1.807) is 0 Å². The first-order valence-electron chi connectivity index (χ1n) is 8.14. The van der Waals surface area contributed by atoms with Crippen LogP contribution in [0, 0.1) is 0 Å². The first kappa shape index (κ1) is 13.5. The van der Waals surface area contributed by atoms with Crippen LogP contribution in [0.15, 0.2) is 80.0 Å². The molecule has 6 rings (SSSR count). The molecule has 0 bridgehead atoms. The minimum atomic E-state index is 0.811. The van der Waals surface area contributed by atoms with E-state index in [0.29, 0.717) is 0 Å². The highest BCUT2D eigenvalue weighted by Gasteiger charge is 2.17. The predicted molar refractivity (Wildman–Crippen MR) is 106 cm³/mol. The molecule has 0 saturated carbocycles. The van der Waals surface area contributed by atoms with Crippen molar-refractivity contribution in [1.29, 1.82) is 0 Å². The third-order valence-electron chi connectivity index (χ3n) is 4.93. The Hall–Kier alpha value is -2.78. The largest absolute Gasteiger partial charge is 0.452 e. The van der Waals surface area contributed by atoms with Crippen molar-refractivity contribution in [1.82, 2.24) is 0 Å². The molecule has 0 unspecified atom stereocenters. The van der Waals surface area contributed by atoms with E-state index in [-0.39, 0.29) is 0 Å². The lowest BCUT2D eigenvalue weighted by Crippen LogP contribution is -1.73. The molecule has 0 N–H and O–H groups in total. The first-order valence-corrected chi connectivity index (χ1v) is 8.94. The Balaban J connectivity index is 1.87. The lowest BCUT2D eigenvalue weighted by molar-refractivity contribution is 0.633. The van der Waals surface area contributed by atoms with Gasteiger partial charge in [-0.15, -0.1) is 0 Å². The Morgan fingerprint density at radius 2 is 1.36 bits per heavy atom. The van der Waals surface area contributed by atoms with Gasteiger partial charge in [0.1, 0.15) is 11.2 Å². The molecule has 2 nitrogen and oxygen atoms in total. The molecular formula is C22H11BrO2. The van der Waals surface area contributed by atoms with Crippen LogP contribution in [-0.2, 0) is 0 Å². The van der Waals surface area contributed by atoms with E-state index in [1.165, 1.54) is 10.8 Å². The summed E-state index contributed by atoms with van der Waals surface area (Å²) in [6, 6.07) is 22.9. The Bertz CT molecular complexity index is 1450. The number of halogens is 1. The quantitative estimate of drug-likeness (QED) is 0.271. The molecule has 0 aliphatic rings. The number of rotatable bonds is 0. The van der Waals surface area contributed by atoms with Gasteiger partial charge in [-0.1, -0.05) is 46.3 Å². The minimum absolute atomic E-state index is 0.811. The molecular weight excluding hydrogens is 376 g/mol. The highest BCUT2D eigenvalue weighted by Crippen LogP contribution is 2.41. The van der Waals surface area contributed by atoms with Gasteiger partial charge in [-0.2, -0.15) is 0 Å². The molecule has 0 radical (unpaired) electrons. The molecule has 4 aromatic carbocycles. The van der Waals surface area contributed by atoms with Gasteiger partial charge in [0.25, 0.3) is 0 Å². The Morgan fingerprint density at radius 1 is 0.600 bits per heavy atom. The maximum Gasteiger partial charge on any atom is 0.178 e. The summed E-state index contributed by atoms with van der Waals surface area (Å²) in [5.74, 6) is 0. The summed E-state index contributed by atoms with van der Waals surface area (Å²) in [6.45, 7) is 0. The van der Waals surface area contributed by atoms with Gasteiger partial charge in [0, 0.05) is 26.0 Å². The smallest absolute Gasteiger partial charge is 0.178 e. The summed E-state index contributed by atoms with van der Waals surface area (Å²) in [4.78, 5) is 0. The Kier molecular flexibility index (Phi) is 2.51. The number of hydrogen-bond donors (Lipinski definition) is 0. The fourth-order valence-corrected chi connectivity index (χ4v) is 4.17. The average molecular weight is 387 g/mol. The van der Waals surface area contributed by atoms with Gasteiger partial charge in [0.05, 0.1) is 0 Å². The number of benzene rings is 4. The molecule has 2 aromatic heterocycles. The predicted octanol–water partition coefficient (Wildman–Crippen LogP) is 7.40. The van der Waals surface area contributed by atoms with E-state index in [1.807, 2.05) is 18.2 Å². The van der Waals surface area contributed by atoms with Gasteiger partial charge in [0.15, 0.2) is 11.2 Å². The van der Waals surface area contributed by atoms with Crippen molar-refractivity contribution < 1.29 is 8.83 Å². The molecule has 0 saturated heterocycles. The average Bonchev–Trinajstić information content (AvgIpc) is 3.19. The monoisotopic (exact) mass is 386 g/mol. The van der Waals surface area contributed by atoms with Crippen molar-refractivity contribution >= 4 is 70.6 Å². The zero-order valence-electron chi connectivity index (χ0n) is 13.0. The maximum atomic E-state index is 6.23. The zero-order valence-corrected chi connectivity index (χ0v) is 14.6. The van der Waals surface area contributed by atoms with Crippen molar-refractivity contribution in [2.45, 2.75) is 0 Å². The standard InChI is InChI=1S/C22H11BrO2/c23-13-6-10-18-17(11-13)15-7-8-16-20-14-4-2-1-3-12(14)5-9-19(20)25-22(16)21(15)24-18/h1-11H. The molecule has 25 heavy (non-hydrogen) atoms. The molecule has 0 atom stereocenters. The van der Waals surface area contributed by atoms with Crippen LogP contribution in [0.3, 0.4) is 0 Å². The molecule has 6 aromatic rings. The van der Waals surface area contributed by atoms with Crippen molar-refractivity contribution in [3.05, 3.63) is 71.2 Å². The third kappa shape index (κ3) is 1.73. The fourth-order valence-electron chi connectivity index (χ4n) is 3.81. The van der Waals surface area contributed by atoms with Crippen LogP contribution in [0.25, 0.3) is 54.6 Å². The summed E-state index contributed by atoms with van der Waals surface area (Å²) < 4.78 is 13.4. The van der Waals surface area contributed by atoms with Crippen LogP contribution >= 0.6 is 15.9 Å². The highest BCUT2D eigenvalue weighted by molar-refractivity contribution is 9.10. The molecule has 0 aliphatic carbocycles. The van der Waals surface area contributed by atoms with Gasteiger partial charge < -0.3 is 8.83 Å². The van der Waals surface area contributed by atoms with Gasteiger partial charge in [-0.3, -0.25) is 0 Å². The molecule has 3 heteroatoms. The van der Waals surface area contributed by atoms with E-state index >= 15 is 0 Å². The van der Waals surface area contributed by atoms with E-state index in [2.05, 4.69) is 64.5 Å². The van der Waals surface area contributed by atoms with Crippen LogP contribution in [0.4, 0.5) is 0 Å². The molecule has 0 spiro atoms. The summed E-state index contributed by atoms with van der Waals surface area (Å²) in [6.07, 6.45) is 0. The second-order valence-corrected chi connectivity index (χ2v) is 7.24. The van der Waals surface area contributed by atoms with Crippen molar-refractivity contribution in [2.75, 3.05) is 0 Å². The molecule has 2 heterocycles. The van der Waals surface area contributed by atoms with Crippen molar-refractivity contribution in [2.24, 2.45) is 0 Å². The van der Waals surface area contributed by atoms with Crippen LogP contribution in [0.5, 0.6) is 0 Å². The van der Waals surface area contributed by atoms with Crippen LogP contribution < -0.4 is 0 Å². The van der Waals surface area contributed by atoms with Gasteiger partial charge in [-0.25, -0.2) is 0 Å². The van der Waals surface area contributed by atoms with E-state index < -0.39 is 0 Å². The highest BCUT2D eigenvalue weighted by atomic mass is 79.9. The first-order chi connectivity index (χ1) is 12.3. The zero-order chi connectivity index (χ0) is 16.5. The number of hydrogen-bond acceptors (Lipinski definition) is 2. The van der Waals surface area contributed by atoms with Gasteiger partial charge >= 0.3 is 0 Å². The second-order valence-electron chi connectivity index (χ2n) is 6.32. The Morgan fingerprint density at radius 3 is 2.32 bits per heavy atom. The second kappa shape index (κ2) is 4.64. The van der Waals surface area contributed by atoms with E-state index in [4.69, 9.17) is 8.83 Å². The van der Waals surface area contributed by atoms with E-state index in [9.17, 15) is 0 Å².